The average Bonchev–Trinajstić information content (AvgIpc) is 3.27. The fourth-order valence-electron chi connectivity index (χ4n) is 3.33. The van der Waals surface area contributed by atoms with Gasteiger partial charge in [-0.1, -0.05) is 47.6 Å². The first-order valence-electron chi connectivity index (χ1n) is 9.72. The maximum Gasteiger partial charge on any atom is 0.256 e. The van der Waals surface area contributed by atoms with Crippen LogP contribution >= 0.6 is 0 Å². The van der Waals surface area contributed by atoms with Gasteiger partial charge in [0.2, 0.25) is 0 Å². The van der Waals surface area contributed by atoms with E-state index in [0.717, 1.165) is 22.1 Å². The second kappa shape index (κ2) is 8.69. The molecule has 1 heterocycles. The third-order valence-electron chi connectivity index (χ3n) is 4.76. The number of nitrogens with one attached hydrogen (secondary N) is 1. The van der Waals surface area contributed by atoms with E-state index in [0.29, 0.717) is 29.4 Å². The SMILES string of the molecule is CCOc1ccc2ccccc2c1C(=O)NCc1cc(-c2cccc(OC)c2)on1. The Hall–Kier alpha value is -3.80. The third-order valence-corrected chi connectivity index (χ3v) is 4.76. The molecule has 152 valence electrons. The number of hydrogen-bond acceptors (Lipinski definition) is 5. The number of fused-ring (bicyclic) bond motifs is 1. The molecular formula is C24H22N2O4. The normalized spacial score (nSPS) is 10.7. The number of hydrogen-bond donors (Lipinski definition) is 1. The predicted octanol–water partition coefficient (Wildman–Crippen LogP) is 4.83. The Morgan fingerprint density at radius 1 is 1.07 bits per heavy atom. The van der Waals surface area contributed by atoms with Crippen LogP contribution in [-0.2, 0) is 6.54 Å². The van der Waals surface area contributed by atoms with Crippen molar-refractivity contribution in [3.63, 3.8) is 0 Å². The summed E-state index contributed by atoms with van der Waals surface area (Å²) < 4.78 is 16.4. The number of nitrogens with zero attached hydrogens (tertiary/aromatic N) is 1. The minimum atomic E-state index is -0.221. The molecular weight excluding hydrogens is 380 g/mol. The number of aromatic nitrogens is 1. The smallest absolute Gasteiger partial charge is 0.256 e. The zero-order valence-electron chi connectivity index (χ0n) is 16.8. The molecule has 3 aromatic carbocycles. The molecule has 0 unspecified atom stereocenters. The Kier molecular flexibility index (Phi) is 5.66. The summed E-state index contributed by atoms with van der Waals surface area (Å²) in [7, 11) is 1.62. The van der Waals surface area contributed by atoms with Crippen LogP contribution in [0.2, 0.25) is 0 Å². The molecule has 0 spiro atoms. The zero-order valence-corrected chi connectivity index (χ0v) is 16.8. The van der Waals surface area contributed by atoms with E-state index in [1.807, 2.05) is 73.7 Å². The van der Waals surface area contributed by atoms with Crippen molar-refractivity contribution < 1.29 is 18.8 Å². The van der Waals surface area contributed by atoms with Gasteiger partial charge in [0.15, 0.2) is 5.76 Å². The van der Waals surface area contributed by atoms with Crippen molar-refractivity contribution >= 4 is 16.7 Å². The molecule has 0 saturated heterocycles. The highest BCUT2D eigenvalue weighted by atomic mass is 16.5. The van der Waals surface area contributed by atoms with E-state index >= 15 is 0 Å². The highest BCUT2D eigenvalue weighted by molar-refractivity contribution is 6.09. The summed E-state index contributed by atoms with van der Waals surface area (Å²) in [6.45, 7) is 2.61. The second-order valence-electron chi connectivity index (χ2n) is 6.69. The predicted molar refractivity (Wildman–Crippen MR) is 115 cm³/mol. The summed E-state index contributed by atoms with van der Waals surface area (Å²) in [5.74, 6) is 1.68. The van der Waals surface area contributed by atoms with Crippen LogP contribution in [0, 0.1) is 0 Å². The lowest BCUT2D eigenvalue weighted by Gasteiger charge is -2.13. The van der Waals surface area contributed by atoms with E-state index in [1.165, 1.54) is 0 Å². The van der Waals surface area contributed by atoms with E-state index in [2.05, 4.69) is 10.5 Å². The lowest BCUT2D eigenvalue weighted by molar-refractivity contribution is 0.0948. The van der Waals surface area contributed by atoms with Crippen LogP contribution in [-0.4, -0.2) is 24.8 Å². The van der Waals surface area contributed by atoms with Gasteiger partial charge in [0.05, 0.1) is 25.8 Å². The highest BCUT2D eigenvalue weighted by Gasteiger charge is 2.17. The average molecular weight is 402 g/mol. The van der Waals surface area contributed by atoms with Crippen LogP contribution in [0.3, 0.4) is 0 Å². The first-order valence-corrected chi connectivity index (χ1v) is 9.72. The largest absolute Gasteiger partial charge is 0.497 e. The summed E-state index contributed by atoms with van der Waals surface area (Å²) in [6.07, 6.45) is 0. The van der Waals surface area contributed by atoms with E-state index in [1.54, 1.807) is 7.11 Å². The minimum Gasteiger partial charge on any atom is -0.497 e. The van der Waals surface area contributed by atoms with Crippen molar-refractivity contribution in [2.75, 3.05) is 13.7 Å². The topological polar surface area (TPSA) is 73.6 Å². The minimum absolute atomic E-state index is 0.221. The van der Waals surface area contributed by atoms with Crippen molar-refractivity contribution in [3.05, 3.63) is 78.0 Å². The van der Waals surface area contributed by atoms with E-state index in [-0.39, 0.29) is 12.5 Å². The molecule has 0 aliphatic rings. The molecule has 0 atom stereocenters. The van der Waals surface area contributed by atoms with Crippen molar-refractivity contribution in [1.29, 1.82) is 0 Å². The fourth-order valence-corrected chi connectivity index (χ4v) is 3.33. The van der Waals surface area contributed by atoms with Gasteiger partial charge in [0, 0.05) is 11.6 Å². The molecule has 0 bridgehead atoms. The zero-order chi connectivity index (χ0) is 20.9. The van der Waals surface area contributed by atoms with E-state index in [4.69, 9.17) is 14.0 Å². The van der Waals surface area contributed by atoms with Gasteiger partial charge in [-0.15, -0.1) is 0 Å². The van der Waals surface area contributed by atoms with Gasteiger partial charge in [-0.2, -0.15) is 0 Å². The maximum atomic E-state index is 13.0. The van der Waals surface area contributed by atoms with Gasteiger partial charge in [0.25, 0.3) is 5.91 Å². The van der Waals surface area contributed by atoms with Crippen molar-refractivity contribution in [2.24, 2.45) is 0 Å². The van der Waals surface area contributed by atoms with Gasteiger partial charge < -0.3 is 19.3 Å². The van der Waals surface area contributed by atoms with Crippen LogP contribution in [0.15, 0.2) is 71.3 Å². The standard InChI is InChI=1S/C24H22N2O4/c1-3-29-21-12-11-16-7-4-5-10-20(16)23(21)24(27)25-15-18-14-22(30-26-18)17-8-6-9-19(13-17)28-2/h4-14H,3,15H2,1-2H3,(H,25,27). The Balaban J connectivity index is 1.54. The lowest BCUT2D eigenvalue weighted by atomic mass is 10.0. The molecule has 0 aliphatic heterocycles. The van der Waals surface area contributed by atoms with Gasteiger partial charge in [-0.25, -0.2) is 0 Å². The van der Waals surface area contributed by atoms with Crippen molar-refractivity contribution in [3.8, 4) is 22.8 Å². The molecule has 1 aromatic heterocycles. The number of benzene rings is 3. The molecule has 4 rings (SSSR count). The number of ether oxygens (including phenoxy) is 2. The molecule has 0 saturated carbocycles. The molecule has 1 amide bonds. The van der Waals surface area contributed by atoms with Crippen molar-refractivity contribution in [2.45, 2.75) is 13.5 Å². The molecule has 1 N–H and O–H groups in total. The first-order chi connectivity index (χ1) is 14.7. The van der Waals surface area contributed by atoms with Gasteiger partial charge in [0.1, 0.15) is 17.2 Å². The summed E-state index contributed by atoms with van der Waals surface area (Å²) in [6, 6.07) is 20.9. The number of carbonyl (C=O) groups is 1. The molecule has 4 aromatic rings. The number of methoxy groups -OCH3 is 1. The van der Waals surface area contributed by atoms with Crippen LogP contribution < -0.4 is 14.8 Å². The third kappa shape index (κ3) is 3.98. The first kappa shape index (κ1) is 19.5. The summed E-state index contributed by atoms with van der Waals surface area (Å²) in [5.41, 5.74) is 2.00. The number of rotatable bonds is 7. The number of amides is 1. The molecule has 0 fully saturated rings. The highest BCUT2D eigenvalue weighted by Crippen LogP contribution is 2.28. The Labute approximate surface area is 174 Å². The van der Waals surface area contributed by atoms with Gasteiger partial charge in [-0.3, -0.25) is 4.79 Å². The second-order valence-corrected chi connectivity index (χ2v) is 6.69. The summed E-state index contributed by atoms with van der Waals surface area (Å²) >= 11 is 0. The summed E-state index contributed by atoms with van der Waals surface area (Å²) in [4.78, 5) is 13.0. The Bertz CT molecular complexity index is 1180. The Morgan fingerprint density at radius 3 is 2.77 bits per heavy atom. The number of carbonyl (C=O) groups excluding carboxylic acids is 1. The van der Waals surface area contributed by atoms with Crippen LogP contribution in [0.25, 0.3) is 22.1 Å². The lowest BCUT2D eigenvalue weighted by Crippen LogP contribution is -2.24. The monoisotopic (exact) mass is 402 g/mol. The van der Waals surface area contributed by atoms with E-state index < -0.39 is 0 Å². The molecule has 0 aliphatic carbocycles. The maximum absolute atomic E-state index is 13.0. The van der Waals surface area contributed by atoms with Crippen LogP contribution in [0.4, 0.5) is 0 Å². The van der Waals surface area contributed by atoms with Gasteiger partial charge >= 0.3 is 0 Å². The van der Waals surface area contributed by atoms with E-state index in [9.17, 15) is 4.79 Å². The summed E-state index contributed by atoms with van der Waals surface area (Å²) in [5, 5.41) is 8.83. The quantitative estimate of drug-likeness (QED) is 0.479. The molecule has 30 heavy (non-hydrogen) atoms. The van der Waals surface area contributed by atoms with Crippen molar-refractivity contribution in [1.82, 2.24) is 10.5 Å². The fraction of sp³-hybridized carbons (Fsp3) is 0.167. The van der Waals surface area contributed by atoms with Gasteiger partial charge in [-0.05, 0) is 35.9 Å². The van der Waals surface area contributed by atoms with Crippen LogP contribution in [0.1, 0.15) is 23.0 Å². The van der Waals surface area contributed by atoms with Crippen LogP contribution in [0.5, 0.6) is 11.5 Å². The molecule has 6 heteroatoms. The Morgan fingerprint density at radius 2 is 1.93 bits per heavy atom. The molecule has 6 nitrogen and oxygen atoms in total. The molecule has 0 radical (unpaired) electrons.